The molecule has 0 aliphatic heterocycles. The van der Waals surface area contributed by atoms with E-state index in [1.54, 1.807) is 0 Å². The Kier molecular flexibility index (Phi) is 4.58. The van der Waals surface area contributed by atoms with E-state index in [1.165, 1.54) is 16.7 Å². The van der Waals surface area contributed by atoms with Crippen molar-refractivity contribution in [2.75, 3.05) is 13.2 Å². The minimum Gasteiger partial charge on any atom is -0.395 e. The lowest BCUT2D eigenvalue weighted by molar-refractivity contribution is 0.196. The molecular formula is C18H23NO. The van der Waals surface area contributed by atoms with Crippen LogP contribution in [0, 0.1) is 13.8 Å². The maximum atomic E-state index is 9.99. The minimum absolute atomic E-state index is 0.0568. The fraction of sp³-hybridized carbons (Fsp3) is 0.333. The number of aliphatic hydroxyl groups excluding tert-OH is 1. The van der Waals surface area contributed by atoms with E-state index in [9.17, 15) is 5.11 Å². The zero-order chi connectivity index (χ0) is 14.6. The predicted octanol–water partition coefficient (Wildman–Crippen LogP) is 2.73. The zero-order valence-corrected chi connectivity index (χ0v) is 12.3. The smallest absolute Gasteiger partial charge is 0.0543 e. The summed E-state index contributed by atoms with van der Waals surface area (Å²) in [4.78, 5) is 0. The number of rotatable bonds is 5. The van der Waals surface area contributed by atoms with Crippen LogP contribution in [0.2, 0.25) is 0 Å². The van der Waals surface area contributed by atoms with Crippen LogP contribution in [0.5, 0.6) is 0 Å². The predicted molar refractivity (Wildman–Crippen MR) is 83.9 cm³/mol. The second-order valence-electron chi connectivity index (χ2n) is 5.56. The first-order chi connectivity index (χ1) is 9.63. The Balaban J connectivity index is 2.45. The molecule has 0 bridgehead atoms. The van der Waals surface area contributed by atoms with Crippen molar-refractivity contribution in [2.45, 2.75) is 25.7 Å². The third-order valence-corrected chi connectivity index (χ3v) is 4.24. The lowest BCUT2D eigenvalue weighted by Gasteiger charge is -2.32. The summed E-state index contributed by atoms with van der Waals surface area (Å²) in [7, 11) is 0. The van der Waals surface area contributed by atoms with Crippen LogP contribution in [0.1, 0.15) is 22.3 Å². The summed E-state index contributed by atoms with van der Waals surface area (Å²) >= 11 is 0. The Morgan fingerprint density at radius 2 is 1.55 bits per heavy atom. The molecule has 20 heavy (non-hydrogen) atoms. The average Bonchev–Trinajstić information content (AvgIpc) is 2.49. The molecule has 2 aromatic carbocycles. The van der Waals surface area contributed by atoms with Crippen LogP contribution < -0.4 is 5.73 Å². The van der Waals surface area contributed by atoms with Crippen molar-refractivity contribution in [3.8, 4) is 0 Å². The molecule has 0 fully saturated rings. The molecule has 0 radical (unpaired) electrons. The van der Waals surface area contributed by atoms with Crippen molar-refractivity contribution < 1.29 is 5.11 Å². The Hall–Kier alpha value is -1.64. The number of hydrogen-bond donors (Lipinski definition) is 2. The molecule has 0 heterocycles. The number of benzene rings is 2. The maximum absolute atomic E-state index is 9.99. The van der Waals surface area contributed by atoms with E-state index in [1.807, 2.05) is 18.2 Å². The van der Waals surface area contributed by atoms with E-state index in [4.69, 9.17) is 5.73 Å². The van der Waals surface area contributed by atoms with Gasteiger partial charge in [-0.15, -0.1) is 0 Å². The summed E-state index contributed by atoms with van der Waals surface area (Å²) in [5, 5.41) is 9.99. The fourth-order valence-electron chi connectivity index (χ4n) is 2.76. The summed E-state index contributed by atoms with van der Waals surface area (Å²) in [6, 6.07) is 16.4. The van der Waals surface area contributed by atoms with Gasteiger partial charge in [-0.05, 0) is 42.5 Å². The summed E-state index contributed by atoms with van der Waals surface area (Å²) in [6.45, 7) is 4.72. The minimum atomic E-state index is -0.405. The first kappa shape index (κ1) is 14.8. The van der Waals surface area contributed by atoms with Gasteiger partial charge in [0.05, 0.1) is 6.61 Å². The van der Waals surface area contributed by atoms with Gasteiger partial charge in [0.2, 0.25) is 0 Å². The van der Waals surface area contributed by atoms with Crippen LogP contribution >= 0.6 is 0 Å². The van der Waals surface area contributed by atoms with E-state index >= 15 is 0 Å². The molecule has 2 nitrogen and oxygen atoms in total. The largest absolute Gasteiger partial charge is 0.395 e. The van der Waals surface area contributed by atoms with Crippen molar-refractivity contribution in [3.05, 3.63) is 70.8 Å². The molecule has 0 aliphatic rings. The summed E-state index contributed by atoms with van der Waals surface area (Å²) < 4.78 is 0. The van der Waals surface area contributed by atoms with Gasteiger partial charge in [-0.2, -0.15) is 0 Å². The van der Waals surface area contributed by atoms with Crippen LogP contribution in [-0.2, 0) is 11.8 Å². The SMILES string of the molecule is Cc1cccc(C)c1CC(CN)(CO)c1ccccc1. The molecule has 1 atom stereocenters. The van der Waals surface area contributed by atoms with Crippen molar-refractivity contribution in [2.24, 2.45) is 5.73 Å². The number of hydrogen-bond acceptors (Lipinski definition) is 2. The van der Waals surface area contributed by atoms with Gasteiger partial charge in [0.25, 0.3) is 0 Å². The average molecular weight is 269 g/mol. The Bertz CT molecular complexity index is 539. The molecule has 0 aliphatic carbocycles. The van der Waals surface area contributed by atoms with Gasteiger partial charge in [0.1, 0.15) is 0 Å². The number of nitrogens with two attached hydrogens (primary N) is 1. The summed E-state index contributed by atoms with van der Waals surface area (Å²) in [5.74, 6) is 0. The third kappa shape index (κ3) is 2.77. The second kappa shape index (κ2) is 6.21. The van der Waals surface area contributed by atoms with Gasteiger partial charge < -0.3 is 10.8 Å². The Morgan fingerprint density at radius 3 is 2.05 bits per heavy atom. The van der Waals surface area contributed by atoms with Crippen LogP contribution in [0.3, 0.4) is 0 Å². The monoisotopic (exact) mass is 269 g/mol. The van der Waals surface area contributed by atoms with Gasteiger partial charge in [-0.1, -0.05) is 48.5 Å². The third-order valence-electron chi connectivity index (χ3n) is 4.24. The molecule has 0 amide bonds. The van der Waals surface area contributed by atoms with Crippen molar-refractivity contribution in [1.82, 2.24) is 0 Å². The summed E-state index contributed by atoms with van der Waals surface area (Å²) in [6.07, 6.45) is 0.766. The van der Waals surface area contributed by atoms with E-state index in [0.717, 1.165) is 12.0 Å². The molecule has 0 aromatic heterocycles. The van der Waals surface area contributed by atoms with E-state index < -0.39 is 5.41 Å². The Morgan fingerprint density at radius 1 is 0.950 bits per heavy atom. The zero-order valence-electron chi connectivity index (χ0n) is 12.3. The standard InChI is InChI=1S/C18H23NO/c1-14-7-6-8-15(2)17(14)11-18(12-19,13-20)16-9-4-3-5-10-16/h3-10,20H,11-13,19H2,1-2H3. The molecule has 2 rings (SSSR count). The molecule has 0 saturated heterocycles. The van der Waals surface area contributed by atoms with E-state index in [2.05, 4.69) is 44.2 Å². The second-order valence-corrected chi connectivity index (χ2v) is 5.56. The molecule has 3 N–H and O–H groups in total. The lowest BCUT2D eigenvalue weighted by Crippen LogP contribution is -2.41. The van der Waals surface area contributed by atoms with Crippen LogP contribution in [0.25, 0.3) is 0 Å². The summed E-state index contributed by atoms with van der Waals surface area (Å²) in [5.41, 5.74) is 10.5. The lowest BCUT2D eigenvalue weighted by atomic mass is 9.74. The van der Waals surface area contributed by atoms with Gasteiger partial charge in [-0.3, -0.25) is 0 Å². The highest BCUT2D eigenvalue weighted by Crippen LogP contribution is 2.30. The quantitative estimate of drug-likeness (QED) is 0.876. The first-order valence-electron chi connectivity index (χ1n) is 7.04. The molecule has 0 spiro atoms. The molecule has 2 aromatic rings. The topological polar surface area (TPSA) is 46.2 Å². The first-order valence-corrected chi connectivity index (χ1v) is 7.04. The molecule has 2 heteroatoms. The molecular weight excluding hydrogens is 246 g/mol. The van der Waals surface area contributed by atoms with Crippen molar-refractivity contribution in [1.29, 1.82) is 0 Å². The molecule has 106 valence electrons. The van der Waals surface area contributed by atoms with Gasteiger partial charge >= 0.3 is 0 Å². The van der Waals surface area contributed by atoms with Crippen LogP contribution in [0.15, 0.2) is 48.5 Å². The fourth-order valence-corrected chi connectivity index (χ4v) is 2.76. The highest BCUT2D eigenvalue weighted by Gasteiger charge is 2.31. The normalized spacial score (nSPS) is 14.0. The van der Waals surface area contributed by atoms with Crippen molar-refractivity contribution in [3.63, 3.8) is 0 Å². The maximum Gasteiger partial charge on any atom is 0.0543 e. The molecule has 1 unspecified atom stereocenters. The van der Waals surface area contributed by atoms with Crippen LogP contribution in [0.4, 0.5) is 0 Å². The van der Waals surface area contributed by atoms with E-state index in [-0.39, 0.29) is 6.61 Å². The highest BCUT2D eigenvalue weighted by molar-refractivity contribution is 5.38. The molecule has 0 saturated carbocycles. The van der Waals surface area contributed by atoms with Gasteiger partial charge in [0, 0.05) is 12.0 Å². The number of aliphatic hydroxyl groups is 1. The van der Waals surface area contributed by atoms with Crippen LogP contribution in [-0.4, -0.2) is 18.3 Å². The Labute approximate surface area is 121 Å². The van der Waals surface area contributed by atoms with Crippen molar-refractivity contribution >= 4 is 0 Å². The number of aryl methyl sites for hydroxylation is 2. The van der Waals surface area contributed by atoms with Gasteiger partial charge in [0.15, 0.2) is 0 Å². The highest BCUT2D eigenvalue weighted by atomic mass is 16.3. The van der Waals surface area contributed by atoms with E-state index in [0.29, 0.717) is 6.54 Å². The van der Waals surface area contributed by atoms with Gasteiger partial charge in [-0.25, -0.2) is 0 Å².